The van der Waals surface area contributed by atoms with Crippen LogP contribution in [-0.4, -0.2) is 41.0 Å². The van der Waals surface area contributed by atoms with Crippen LogP contribution in [0, 0.1) is 18.7 Å². The number of rotatable bonds is 6. The number of hydrogen-bond acceptors (Lipinski definition) is 8. The molecule has 2 aliphatic rings. The van der Waals surface area contributed by atoms with E-state index in [2.05, 4.69) is 15.3 Å². The van der Waals surface area contributed by atoms with E-state index in [1.807, 2.05) is 20.8 Å². The van der Waals surface area contributed by atoms with E-state index in [1.165, 1.54) is 30.8 Å². The number of thiophene rings is 1. The lowest BCUT2D eigenvalue weighted by Crippen LogP contribution is -2.25. The molecule has 34 heavy (non-hydrogen) atoms. The van der Waals surface area contributed by atoms with Gasteiger partial charge in [-0.25, -0.2) is 19.2 Å². The zero-order chi connectivity index (χ0) is 24.0. The van der Waals surface area contributed by atoms with E-state index in [0.29, 0.717) is 27.9 Å². The number of hydrogen-bond donors (Lipinski definition) is 1. The van der Waals surface area contributed by atoms with E-state index >= 15 is 0 Å². The van der Waals surface area contributed by atoms with Crippen LogP contribution in [0.15, 0.2) is 24.5 Å². The monoisotopic (exact) mass is 485 g/mol. The number of ether oxygens (including phenoxy) is 3. The molecule has 7 nitrogen and oxygen atoms in total. The van der Waals surface area contributed by atoms with Gasteiger partial charge in [0.2, 0.25) is 0 Å². The fraction of sp³-hybridized carbons (Fsp3) is 0.480. The Morgan fingerprint density at radius 3 is 2.91 bits per heavy atom. The largest absolute Gasteiger partial charge is 0.465 e. The van der Waals surface area contributed by atoms with Crippen LogP contribution in [-0.2, 0) is 20.6 Å². The predicted octanol–water partition coefficient (Wildman–Crippen LogP) is 5.53. The SMILES string of the molecule is COC(=O)c1sc2ncnc(Nc3ccc(F)cc3CC[C@@H]3CC[C@@H]4OC(C)(C)O[C@H]34)c2c1C. The van der Waals surface area contributed by atoms with Gasteiger partial charge in [-0.05, 0) is 81.7 Å². The first kappa shape index (κ1) is 23.1. The van der Waals surface area contributed by atoms with Crippen LogP contribution >= 0.6 is 11.3 Å². The Kier molecular flexibility index (Phi) is 6.03. The molecule has 1 aromatic carbocycles. The molecule has 1 saturated heterocycles. The Bertz CT molecular complexity index is 1240. The van der Waals surface area contributed by atoms with Crippen molar-refractivity contribution in [3.63, 3.8) is 0 Å². The second-order valence-corrected chi connectivity index (χ2v) is 10.4. The highest BCUT2D eigenvalue weighted by atomic mass is 32.1. The molecule has 1 aliphatic heterocycles. The molecule has 2 aromatic heterocycles. The van der Waals surface area contributed by atoms with Gasteiger partial charge in [-0.3, -0.25) is 0 Å². The second kappa shape index (κ2) is 8.87. The van der Waals surface area contributed by atoms with Crippen LogP contribution in [0.1, 0.15) is 53.9 Å². The van der Waals surface area contributed by atoms with E-state index in [9.17, 15) is 9.18 Å². The molecule has 0 unspecified atom stereocenters. The summed E-state index contributed by atoms with van der Waals surface area (Å²) in [4.78, 5) is 22.1. The Morgan fingerprint density at radius 2 is 2.12 bits per heavy atom. The molecule has 180 valence electrons. The van der Waals surface area contributed by atoms with Crippen LogP contribution in [0.25, 0.3) is 10.2 Å². The summed E-state index contributed by atoms with van der Waals surface area (Å²) in [5, 5.41) is 4.13. The molecule has 3 aromatic rings. The van der Waals surface area contributed by atoms with Gasteiger partial charge < -0.3 is 19.5 Å². The summed E-state index contributed by atoms with van der Waals surface area (Å²) in [7, 11) is 1.36. The zero-order valence-corrected chi connectivity index (χ0v) is 20.5. The summed E-state index contributed by atoms with van der Waals surface area (Å²) < 4.78 is 31.3. The third-order valence-electron chi connectivity index (χ3n) is 6.71. The average Bonchev–Trinajstić information content (AvgIpc) is 3.43. The maximum Gasteiger partial charge on any atom is 0.348 e. The zero-order valence-electron chi connectivity index (χ0n) is 19.7. The first-order chi connectivity index (χ1) is 16.3. The van der Waals surface area contributed by atoms with E-state index < -0.39 is 11.8 Å². The minimum absolute atomic E-state index is 0.0895. The molecule has 3 heterocycles. The third-order valence-corrected chi connectivity index (χ3v) is 7.89. The van der Waals surface area contributed by atoms with Gasteiger partial charge in [0.05, 0.1) is 24.7 Å². The Hall–Kier alpha value is -2.62. The summed E-state index contributed by atoms with van der Waals surface area (Å²) in [5.74, 6) is -0.268. The minimum atomic E-state index is -0.542. The minimum Gasteiger partial charge on any atom is -0.465 e. The summed E-state index contributed by atoms with van der Waals surface area (Å²) >= 11 is 1.27. The van der Waals surface area contributed by atoms with Gasteiger partial charge in [0, 0.05) is 5.69 Å². The first-order valence-electron chi connectivity index (χ1n) is 11.5. The van der Waals surface area contributed by atoms with Gasteiger partial charge in [0.25, 0.3) is 0 Å². The van der Waals surface area contributed by atoms with Crippen molar-refractivity contribution in [1.82, 2.24) is 9.97 Å². The molecule has 3 atom stereocenters. The second-order valence-electron chi connectivity index (χ2n) is 9.39. The fourth-order valence-electron chi connectivity index (χ4n) is 5.15. The number of halogens is 1. The summed E-state index contributed by atoms with van der Waals surface area (Å²) in [6.45, 7) is 5.77. The normalized spacial score (nSPS) is 23.3. The van der Waals surface area contributed by atoms with Crippen LogP contribution in [0.2, 0.25) is 0 Å². The van der Waals surface area contributed by atoms with Gasteiger partial charge in [-0.15, -0.1) is 11.3 Å². The van der Waals surface area contributed by atoms with E-state index in [4.69, 9.17) is 14.2 Å². The molecule has 0 bridgehead atoms. The molecule has 1 N–H and O–H groups in total. The third kappa shape index (κ3) is 4.28. The highest BCUT2D eigenvalue weighted by molar-refractivity contribution is 7.20. The van der Waals surface area contributed by atoms with Crippen LogP contribution in [0.5, 0.6) is 0 Å². The molecule has 9 heteroatoms. The van der Waals surface area contributed by atoms with Crippen molar-refractivity contribution < 1.29 is 23.4 Å². The van der Waals surface area contributed by atoms with E-state index in [1.54, 1.807) is 12.1 Å². The Labute approximate surface area is 201 Å². The number of aromatic nitrogens is 2. The molecule has 2 fully saturated rings. The van der Waals surface area contributed by atoms with Crippen LogP contribution < -0.4 is 5.32 Å². The molecular weight excluding hydrogens is 457 g/mol. The summed E-state index contributed by atoms with van der Waals surface area (Å²) in [6.07, 6.45) is 5.30. The van der Waals surface area contributed by atoms with Gasteiger partial charge in [-0.1, -0.05) is 0 Å². The fourth-order valence-corrected chi connectivity index (χ4v) is 6.22. The standard InChI is InChI=1S/C25H28FN3O4S/c1-13-19-22(27-12-28-23(19)34-21(13)24(30)31-4)29-17-9-8-16(26)11-15(17)6-5-14-7-10-18-20(14)33-25(2,3)32-18/h8-9,11-12,14,18,20H,5-7,10H2,1-4H3,(H,27,28,29)/t14-,18+,20-/m1/s1. The smallest absolute Gasteiger partial charge is 0.348 e. The summed E-state index contributed by atoms with van der Waals surface area (Å²) in [6, 6.07) is 4.74. The number of methoxy groups -OCH3 is 1. The molecule has 1 aliphatic carbocycles. The number of carbonyl (C=O) groups excluding carboxylic acids is 1. The van der Waals surface area contributed by atoms with E-state index in [-0.39, 0.29) is 18.0 Å². The lowest BCUT2D eigenvalue weighted by molar-refractivity contribution is -0.156. The lowest BCUT2D eigenvalue weighted by atomic mass is 9.95. The molecule has 5 rings (SSSR count). The van der Waals surface area contributed by atoms with Gasteiger partial charge in [0.15, 0.2) is 5.79 Å². The Morgan fingerprint density at radius 1 is 1.29 bits per heavy atom. The van der Waals surface area contributed by atoms with Crippen LogP contribution in [0.4, 0.5) is 15.9 Å². The van der Waals surface area contributed by atoms with Crippen molar-refractivity contribution in [2.75, 3.05) is 12.4 Å². The number of aryl methyl sites for hydroxylation is 2. The van der Waals surface area contributed by atoms with Gasteiger partial charge in [-0.2, -0.15) is 0 Å². The number of carbonyl (C=O) groups is 1. The van der Waals surface area contributed by atoms with Gasteiger partial charge in [0.1, 0.15) is 27.7 Å². The molecule has 1 saturated carbocycles. The van der Waals surface area contributed by atoms with Crippen LogP contribution in [0.3, 0.4) is 0 Å². The number of fused-ring (bicyclic) bond motifs is 2. The van der Waals surface area contributed by atoms with Gasteiger partial charge >= 0.3 is 5.97 Å². The number of anilines is 2. The molecule has 0 radical (unpaired) electrons. The lowest BCUT2D eigenvalue weighted by Gasteiger charge is -2.22. The van der Waals surface area contributed by atoms with Crippen molar-refractivity contribution in [2.24, 2.45) is 5.92 Å². The number of nitrogens with one attached hydrogen (secondary N) is 1. The maximum atomic E-state index is 14.2. The molecule has 0 spiro atoms. The van der Waals surface area contributed by atoms with Crippen molar-refractivity contribution in [2.45, 2.75) is 64.4 Å². The highest BCUT2D eigenvalue weighted by Gasteiger charge is 2.48. The predicted molar refractivity (Wildman–Crippen MR) is 128 cm³/mol. The van der Waals surface area contributed by atoms with E-state index in [0.717, 1.165) is 41.5 Å². The molecular formula is C25H28FN3O4S. The Balaban J connectivity index is 1.39. The molecule has 0 amide bonds. The quantitative estimate of drug-likeness (QED) is 0.460. The first-order valence-corrected chi connectivity index (χ1v) is 12.3. The topological polar surface area (TPSA) is 82.6 Å². The summed E-state index contributed by atoms with van der Waals surface area (Å²) in [5.41, 5.74) is 2.41. The van der Waals surface area contributed by atoms with Crippen molar-refractivity contribution in [1.29, 1.82) is 0 Å². The number of benzene rings is 1. The highest BCUT2D eigenvalue weighted by Crippen LogP contribution is 2.43. The number of nitrogens with zero attached hydrogens (tertiary/aromatic N) is 2. The van der Waals surface area contributed by atoms with Crippen molar-refractivity contribution in [3.05, 3.63) is 46.3 Å². The van der Waals surface area contributed by atoms with Crippen molar-refractivity contribution in [3.8, 4) is 0 Å². The maximum absolute atomic E-state index is 14.2. The average molecular weight is 486 g/mol. The van der Waals surface area contributed by atoms with Crippen molar-refractivity contribution >= 4 is 39.0 Å². The number of esters is 1.